The SMILES string of the molecule is CC12CO[C@H]3CN4CCC[C@]4(C1)[C@H](c1cc4c(cc13)OCO4)C2O. The largest absolute Gasteiger partial charge is 0.454 e. The van der Waals surface area contributed by atoms with Gasteiger partial charge in [0.2, 0.25) is 6.79 Å². The zero-order valence-electron chi connectivity index (χ0n) is 14.0. The Morgan fingerprint density at radius 3 is 2.83 bits per heavy atom. The number of fused-ring (bicyclic) bond motifs is 2. The van der Waals surface area contributed by atoms with Crippen molar-refractivity contribution in [2.45, 2.75) is 49.9 Å². The molecular formula is C19H23NO4. The van der Waals surface area contributed by atoms with E-state index in [1.165, 1.54) is 24.0 Å². The second-order valence-electron chi connectivity index (χ2n) is 8.54. The Labute approximate surface area is 141 Å². The fourth-order valence-electron chi connectivity index (χ4n) is 6.24. The van der Waals surface area contributed by atoms with Gasteiger partial charge in [-0.25, -0.2) is 0 Å². The minimum absolute atomic E-state index is 0.0594. The van der Waals surface area contributed by atoms with Crippen LogP contribution in [0.2, 0.25) is 0 Å². The molecule has 6 aliphatic rings. The standard InChI is InChI=1S/C19H23NO4/c1-18-8-19-3-2-4-20(19)7-15(22-9-18)11-5-13-14(24-10-23-13)6-12(11)16(19)17(18)21/h5-6,15-17,21H,2-4,7-10H2,1H3/t15-,16+,17?,18?,19-/m0/s1. The van der Waals surface area contributed by atoms with Crippen LogP contribution < -0.4 is 9.47 Å². The van der Waals surface area contributed by atoms with Crippen molar-refractivity contribution in [3.8, 4) is 11.5 Å². The highest BCUT2D eigenvalue weighted by molar-refractivity contribution is 5.53. The Balaban J connectivity index is 1.64. The van der Waals surface area contributed by atoms with E-state index < -0.39 is 0 Å². The van der Waals surface area contributed by atoms with E-state index in [1.54, 1.807) is 0 Å². The molecule has 5 nitrogen and oxygen atoms in total. The molecule has 5 aliphatic heterocycles. The van der Waals surface area contributed by atoms with Crippen LogP contribution in [0.1, 0.15) is 49.3 Å². The monoisotopic (exact) mass is 329 g/mol. The number of ether oxygens (including phenoxy) is 3. The molecule has 1 saturated carbocycles. The van der Waals surface area contributed by atoms with E-state index in [2.05, 4.69) is 24.0 Å². The molecule has 1 aliphatic carbocycles. The predicted molar refractivity (Wildman–Crippen MR) is 86.3 cm³/mol. The number of aliphatic hydroxyl groups excluding tert-OH is 1. The third-order valence-electron chi connectivity index (χ3n) is 7.25. The average Bonchev–Trinajstić information content (AvgIpc) is 3.20. The lowest BCUT2D eigenvalue weighted by Gasteiger charge is -2.41. The summed E-state index contributed by atoms with van der Waals surface area (Å²) >= 11 is 0. The van der Waals surface area contributed by atoms with Crippen molar-refractivity contribution in [3.05, 3.63) is 23.3 Å². The van der Waals surface area contributed by atoms with Gasteiger partial charge in [-0.3, -0.25) is 4.90 Å². The molecule has 3 fully saturated rings. The smallest absolute Gasteiger partial charge is 0.231 e. The predicted octanol–water partition coefficient (Wildman–Crippen LogP) is 2.19. The van der Waals surface area contributed by atoms with Crippen LogP contribution in [0.15, 0.2) is 12.1 Å². The molecule has 5 heterocycles. The van der Waals surface area contributed by atoms with Gasteiger partial charge in [0, 0.05) is 23.4 Å². The highest BCUT2D eigenvalue weighted by Gasteiger charge is 2.65. The van der Waals surface area contributed by atoms with Crippen LogP contribution in [0, 0.1) is 5.41 Å². The molecule has 1 aromatic rings. The van der Waals surface area contributed by atoms with Crippen LogP contribution >= 0.6 is 0 Å². The Morgan fingerprint density at radius 2 is 2.00 bits per heavy atom. The molecule has 0 amide bonds. The highest BCUT2D eigenvalue weighted by atomic mass is 16.7. The molecule has 7 rings (SSSR count). The summed E-state index contributed by atoms with van der Waals surface area (Å²) in [5, 5.41) is 11.4. The fourth-order valence-corrected chi connectivity index (χ4v) is 6.24. The van der Waals surface area contributed by atoms with E-state index in [1.807, 2.05) is 0 Å². The number of hydrogen-bond donors (Lipinski definition) is 1. The maximum absolute atomic E-state index is 11.4. The van der Waals surface area contributed by atoms with E-state index in [0.717, 1.165) is 31.0 Å². The van der Waals surface area contributed by atoms with E-state index >= 15 is 0 Å². The minimum Gasteiger partial charge on any atom is -0.454 e. The van der Waals surface area contributed by atoms with Crippen LogP contribution in [0.5, 0.6) is 11.5 Å². The summed E-state index contributed by atoms with van der Waals surface area (Å²) in [6, 6.07) is 4.23. The molecular weight excluding hydrogens is 306 g/mol. The van der Waals surface area contributed by atoms with Gasteiger partial charge in [0.05, 0.1) is 18.8 Å². The maximum Gasteiger partial charge on any atom is 0.231 e. The van der Waals surface area contributed by atoms with Crippen molar-refractivity contribution >= 4 is 0 Å². The minimum atomic E-state index is -0.378. The van der Waals surface area contributed by atoms with Gasteiger partial charge in [-0.2, -0.15) is 0 Å². The van der Waals surface area contributed by atoms with Crippen LogP contribution in [-0.4, -0.2) is 48.1 Å². The first kappa shape index (κ1) is 13.9. The molecule has 4 bridgehead atoms. The molecule has 0 aromatic heterocycles. The highest BCUT2D eigenvalue weighted by Crippen LogP contribution is 2.63. The van der Waals surface area contributed by atoms with Gasteiger partial charge in [-0.1, -0.05) is 6.92 Å². The van der Waals surface area contributed by atoms with Crippen molar-refractivity contribution in [1.82, 2.24) is 4.90 Å². The molecule has 1 spiro atoms. The lowest BCUT2D eigenvalue weighted by molar-refractivity contribution is -0.0744. The van der Waals surface area contributed by atoms with Crippen molar-refractivity contribution in [3.63, 3.8) is 0 Å². The summed E-state index contributed by atoms with van der Waals surface area (Å²) in [5.74, 6) is 1.77. The molecule has 5 heteroatoms. The average molecular weight is 329 g/mol. The topological polar surface area (TPSA) is 51.2 Å². The van der Waals surface area contributed by atoms with Gasteiger partial charge in [-0.05, 0) is 49.1 Å². The summed E-state index contributed by atoms with van der Waals surface area (Å²) in [6.45, 7) is 5.16. The molecule has 1 N–H and O–H groups in total. The first-order valence-corrected chi connectivity index (χ1v) is 9.09. The Hall–Kier alpha value is -1.30. The fraction of sp³-hybridized carbons (Fsp3) is 0.684. The van der Waals surface area contributed by atoms with Crippen LogP contribution in [0.25, 0.3) is 0 Å². The van der Waals surface area contributed by atoms with Gasteiger partial charge in [0.25, 0.3) is 0 Å². The number of benzene rings is 1. The van der Waals surface area contributed by atoms with E-state index in [9.17, 15) is 5.11 Å². The van der Waals surface area contributed by atoms with Gasteiger partial charge in [0.1, 0.15) is 0 Å². The van der Waals surface area contributed by atoms with Gasteiger partial charge in [-0.15, -0.1) is 0 Å². The molecule has 128 valence electrons. The summed E-state index contributed by atoms with van der Waals surface area (Å²) in [6.07, 6.45) is 3.09. The van der Waals surface area contributed by atoms with Gasteiger partial charge < -0.3 is 19.3 Å². The summed E-state index contributed by atoms with van der Waals surface area (Å²) < 4.78 is 17.6. The molecule has 1 aromatic carbocycles. The quantitative estimate of drug-likeness (QED) is 0.791. The van der Waals surface area contributed by atoms with Crippen LogP contribution in [-0.2, 0) is 4.74 Å². The molecule has 2 saturated heterocycles. The second-order valence-corrected chi connectivity index (χ2v) is 8.54. The van der Waals surface area contributed by atoms with E-state index in [0.29, 0.717) is 6.61 Å². The number of hydrogen-bond acceptors (Lipinski definition) is 5. The van der Waals surface area contributed by atoms with Crippen LogP contribution in [0.3, 0.4) is 0 Å². The van der Waals surface area contributed by atoms with Crippen molar-refractivity contribution in [2.24, 2.45) is 5.41 Å². The lowest BCUT2D eigenvalue weighted by Crippen LogP contribution is -2.47. The molecule has 5 atom stereocenters. The first-order valence-electron chi connectivity index (χ1n) is 9.09. The zero-order valence-corrected chi connectivity index (χ0v) is 14.0. The normalized spacial score (nSPS) is 45.0. The molecule has 24 heavy (non-hydrogen) atoms. The van der Waals surface area contributed by atoms with Crippen molar-refractivity contribution in [2.75, 3.05) is 26.5 Å². The van der Waals surface area contributed by atoms with Gasteiger partial charge in [0.15, 0.2) is 11.5 Å². The Morgan fingerprint density at radius 1 is 1.21 bits per heavy atom. The molecule has 2 unspecified atom stereocenters. The Bertz CT molecular complexity index is 736. The second kappa shape index (κ2) is 4.26. The number of aliphatic hydroxyl groups is 1. The van der Waals surface area contributed by atoms with Crippen LogP contribution in [0.4, 0.5) is 0 Å². The zero-order chi connectivity index (χ0) is 16.1. The number of nitrogens with zero attached hydrogens (tertiary/aromatic N) is 1. The van der Waals surface area contributed by atoms with E-state index in [-0.39, 0.29) is 35.9 Å². The summed E-state index contributed by atoms with van der Waals surface area (Å²) in [5.41, 5.74) is 2.33. The molecule has 0 radical (unpaired) electrons. The van der Waals surface area contributed by atoms with Crippen molar-refractivity contribution < 1.29 is 19.3 Å². The summed E-state index contributed by atoms with van der Waals surface area (Å²) in [4.78, 5) is 2.61. The van der Waals surface area contributed by atoms with Gasteiger partial charge >= 0.3 is 0 Å². The first-order chi connectivity index (χ1) is 11.6. The summed E-state index contributed by atoms with van der Waals surface area (Å²) in [7, 11) is 0. The Kier molecular flexibility index (Phi) is 2.47. The van der Waals surface area contributed by atoms with Crippen molar-refractivity contribution in [1.29, 1.82) is 0 Å². The lowest BCUT2D eigenvalue weighted by atomic mass is 9.78. The number of rotatable bonds is 0. The maximum atomic E-state index is 11.4. The van der Waals surface area contributed by atoms with E-state index in [4.69, 9.17) is 14.2 Å². The third kappa shape index (κ3) is 1.48. The third-order valence-corrected chi connectivity index (χ3v) is 7.25.